The van der Waals surface area contributed by atoms with Crippen molar-refractivity contribution in [2.24, 2.45) is 0 Å². The van der Waals surface area contributed by atoms with Crippen LogP contribution in [0.3, 0.4) is 0 Å². The molecule has 18 heavy (non-hydrogen) atoms. The van der Waals surface area contributed by atoms with Crippen LogP contribution in [0.25, 0.3) is 0 Å². The Labute approximate surface area is 110 Å². The number of carbonyl (C=O) groups is 1. The van der Waals surface area contributed by atoms with E-state index < -0.39 is 0 Å². The fraction of sp³-hybridized carbons (Fsp3) is 0.600. The molecule has 0 aliphatic rings. The first-order chi connectivity index (χ1) is 8.69. The van der Waals surface area contributed by atoms with E-state index >= 15 is 0 Å². The van der Waals surface area contributed by atoms with E-state index in [1.54, 1.807) is 0 Å². The number of thioether (sulfide) groups is 1. The predicted octanol–water partition coefficient (Wildman–Crippen LogP) is 0.967. The molecular formula is C10H16N4O3S. The summed E-state index contributed by atoms with van der Waals surface area (Å²) in [6.45, 7) is 2.80. The van der Waals surface area contributed by atoms with Crippen molar-refractivity contribution in [2.75, 3.05) is 31.8 Å². The van der Waals surface area contributed by atoms with E-state index in [1.165, 1.54) is 26.0 Å². The molecule has 0 aliphatic heterocycles. The van der Waals surface area contributed by atoms with Gasteiger partial charge in [0.1, 0.15) is 0 Å². The van der Waals surface area contributed by atoms with Crippen LogP contribution >= 0.6 is 11.8 Å². The highest BCUT2D eigenvalue weighted by Gasteiger charge is 2.09. The van der Waals surface area contributed by atoms with Gasteiger partial charge in [0.2, 0.25) is 5.95 Å². The molecule has 1 aromatic rings. The molecule has 100 valence electrons. The van der Waals surface area contributed by atoms with Crippen molar-refractivity contribution in [1.82, 2.24) is 15.0 Å². The summed E-state index contributed by atoms with van der Waals surface area (Å²) in [6.07, 6.45) is 0.957. The van der Waals surface area contributed by atoms with Gasteiger partial charge in [-0.1, -0.05) is 18.7 Å². The van der Waals surface area contributed by atoms with Gasteiger partial charge in [0.05, 0.1) is 20.0 Å². The molecule has 1 aromatic heterocycles. The summed E-state index contributed by atoms with van der Waals surface area (Å²) in [5, 5.41) is 3.46. The van der Waals surface area contributed by atoms with E-state index in [-0.39, 0.29) is 17.7 Å². The minimum Gasteiger partial charge on any atom is -0.468 e. The number of hydrogen-bond donors (Lipinski definition) is 1. The van der Waals surface area contributed by atoms with Gasteiger partial charge in [-0.3, -0.25) is 4.79 Å². The van der Waals surface area contributed by atoms with Crippen LogP contribution in [0.1, 0.15) is 13.3 Å². The molecule has 0 aromatic carbocycles. The second-order valence-corrected chi connectivity index (χ2v) is 4.16. The van der Waals surface area contributed by atoms with Crippen LogP contribution in [0, 0.1) is 0 Å². The zero-order chi connectivity index (χ0) is 13.4. The highest BCUT2D eigenvalue weighted by molar-refractivity contribution is 7.99. The summed E-state index contributed by atoms with van der Waals surface area (Å²) in [6, 6.07) is 0.218. The zero-order valence-electron chi connectivity index (χ0n) is 10.6. The monoisotopic (exact) mass is 272 g/mol. The number of nitrogens with zero attached hydrogens (tertiary/aromatic N) is 3. The Bertz CT molecular complexity index is 403. The van der Waals surface area contributed by atoms with Gasteiger partial charge in [0.15, 0.2) is 5.16 Å². The van der Waals surface area contributed by atoms with Gasteiger partial charge in [-0.2, -0.15) is 15.0 Å². The Morgan fingerprint density at radius 3 is 2.72 bits per heavy atom. The molecule has 7 nitrogen and oxygen atoms in total. The number of anilines is 1. The van der Waals surface area contributed by atoms with Crippen LogP contribution in [0.2, 0.25) is 0 Å². The van der Waals surface area contributed by atoms with Gasteiger partial charge in [-0.05, 0) is 6.42 Å². The first kappa shape index (κ1) is 14.5. The smallest absolute Gasteiger partial charge is 0.321 e. The molecular weight excluding hydrogens is 256 g/mol. The summed E-state index contributed by atoms with van der Waals surface area (Å²) < 4.78 is 9.52. The topological polar surface area (TPSA) is 86.2 Å². The Hall–Kier alpha value is -1.57. The SMILES string of the molecule is CCCNc1nc(OC)nc(SCC(=O)OC)n1. The quantitative estimate of drug-likeness (QED) is 0.580. The molecule has 0 atom stereocenters. The minimum atomic E-state index is -0.331. The normalized spacial score (nSPS) is 9.94. The molecule has 1 heterocycles. The van der Waals surface area contributed by atoms with Crippen LogP contribution in [0.5, 0.6) is 6.01 Å². The van der Waals surface area contributed by atoms with Crippen molar-refractivity contribution in [3.63, 3.8) is 0 Å². The molecule has 0 saturated carbocycles. The van der Waals surface area contributed by atoms with Crippen LogP contribution in [-0.4, -0.2) is 47.4 Å². The second kappa shape index (κ2) is 7.70. The number of hydrogen-bond acceptors (Lipinski definition) is 8. The third-order valence-corrected chi connectivity index (χ3v) is 2.68. The lowest BCUT2D eigenvalue weighted by atomic mass is 10.5. The van der Waals surface area contributed by atoms with Crippen molar-refractivity contribution in [3.05, 3.63) is 0 Å². The molecule has 0 bridgehead atoms. The van der Waals surface area contributed by atoms with Gasteiger partial charge in [-0.15, -0.1) is 0 Å². The fourth-order valence-corrected chi connectivity index (χ4v) is 1.65. The van der Waals surface area contributed by atoms with Gasteiger partial charge in [-0.25, -0.2) is 0 Å². The van der Waals surface area contributed by atoms with E-state index in [9.17, 15) is 4.79 Å². The van der Waals surface area contributed by atoms with Crippen LogP contribution in [0.15, 0.2) is 5.16 Å². The van der Waals surface area contributed by atoms with E-state index in [2.05, 4.69) is 25.0 Å². The number of rotatable bonds is 7. The summed E-state index contributed by atoms with van der Waals surface area (Å²) in [5.74, 6) is 0.259. The molecule has 0 spiro atoms. The minimum absolute atomic E-state index is 0.150. The number of nitrogens with one attached hydrogen (secondary N) is 1. The highest BCUT2D eigenvalue weighted by atomic mass is 32.2. The highest BCUT2D eigenvalue weighted by Crippen LogP contribution is 2.17. The third-order valence-electron chi connectivity index (χ3n) is 1.86. The van der Waals surface area contributed by atoms with E-state index in [4.69, 9.17) is 4.74 Å². The van der Waals surface area contributed by atoms with Crippen molar-refractivity contribution in [2.45, 2.75) is 18.5 Å². The lowest BCUT2D eigenvalue weighted by molar-refractivity contribution is -0.137. The van der Waals surface area contributed by atoms with Gasteiger partial charge >= 0.3 is 12.0 Å². The van der Waals surface area contributed by atoms with Crippen molar-refractivity contribution < 1.29 is 14.3 Å². The first-order valence-corrected chi connectivity index (χ1v) is 6.41. The number of ether oxygens (including phenoxy) is 2. The van der Waals surface area contributed by atoms with Gasteiger partial charge in [0.25, 0.3) is 0 Å². The van der Waals surface area contributed by atoms with Crippen LogP contribution in [0.4, 0.5) is 5.95 Å². The van der Waals surface area contributed by atoms with Crippen LogP contribution in [-0.2, 0) is 9.53 Å². The standard InChI is InChI=1S/C10H16N4O3S/c1-4-5-11-8-12-9(17-3)14-10(13-8)18-6-7(15)16-2/h4-6H2,1-3H3,(H,11,12,13,14). The Kier molecular flexibility index (Phi) is 6.20. The average molecular weight is 272 g/mol. The molecule has 0 saturated heterocycles. The third kappa shape index (κ3) is 4.74. The van der Waals surface area contributed by atoms with Crippen molar-refractivity contribution >= 4 is 23.7 Å². The average Bonchev–Trinajstić information content (AvgIpc) is 2.42. The predicted molar refractivity (Wildman–Crippen MR) is 67.9 cm³/mol. The second-order valence-electron chi connectivity index (χ2n) is 3.22. The van der Waals surface area contributed by atoms with Crippen molar-refractivity contribution in [1.29, 1.82) is 0 Å². The zero-order valence-corrected chi connectivity index (χ0v) is 11.4. The molecule has 0 aliphatic carbocycles. The Morgan fingerprint density at radius 1 is 1.33 bits per heavy atom. The summed E-state index contributed by atoms with van der Waals surface area (Å²) >= 11 is 1.17. The van der Waals surface area contributed by atoms with Gasteiger partial charge < -0.3 is 14.8 Å². The summed E-state index contributed by atoms with van der Waals surface area (Å²) in [5.41, 5.74) is 0. The maximum absolute atomic E-state index is 11.0. The maximum Gasteiger partial charge on any atom is 0.321 e. The van der Waals surface area contributed by atoms with Gasteiger partial charge in [0, 0.05) is 6.54 Å². The molecule has 0 unspecified atom stereocenters. The molecule has 0 radical (unpaired) electrons. The van der Waals surface area contributed by atoms with Crippen molar-refractivity contribution in [3.8, 4) is 6.01 Å². The summed E-state index contributed by atoms with van der Waals surface area (Å²) in [4.78, 5) is 23.3. The fourth-order valence-electron chi connectivity index (χ4n) is 0.992. The van der Waals surface area contributed by atoms with E-state index in [0.29, 0.717) is 11.1 Å². The number of aromatic nitrogens is 3. The first-order valence-electron chi connectivity index (χ1n) is 5.43. The molecule has 1 rings (SSSR count). The molecule has 8 heteroatoms. The van der Waals surface area contributed by atoms with E-state index in [1.807, 2.05) is 6.92 Å². The largest absolute Gasteiger partial charge is 0.468 e. The Balaban J connectivity index is 2.73. The Morgan fingerprint density at radius 2 is 2.11 bits per heavy atom. The number of carbonyl (C=O) groups excluding carboxylic acids is 1. The number of methoxy groups -OCH3 is 2. The molecule has 1 N–H and O–H groups in total. The van der Waals surface area contributed by atoms with E-state index in [0.717, 1.165) is 13.0 Å². The molecule has 0 fully saturated rings. The lowest BCUT2D eigenvalue weighted by Gasteiger charge is -2.06. The maximum atomic E-state index is 11.0. The molecule has 0 amide bonds. The lowest BCUT2D eigenvalue weighted by Crippen LogP contribution is -2.09. The number of esters is 1. The summed E-state index contributed by atoms with van der Waals surface area (Å²) in [7, 11) is 2.82. The van der Waals surface area contributed by atoms with Crippen LogP contribution < -0.4 is 10.1 Å².